The number of halogens is 2. The van der Waals surface area contributed by atoms with E-state index in [9.17, 15) is 9.18 Å². The van der Waals surface area contributed by atoms with Crippen molar-refractivity contribution in [3.8, 4) is 0 Å². The number of hydrogen-bond acceptors (Lipinski definition) is 2. The van der Waals surface area contributed by atoms with E-state index in [0.29, 0.717) is 5.56 Å². The van der Waals surface area contributed by atoms with Crippen LogP contribution in [0.3, 0.4) is 0 Å². The molecule has 2 unspecified atom stereocenters. The third-order valence-electron chi connectivity index (χ3n) is 3.29. The standard InChI is InChI=1S/C13H15ClFNO/c14-11-4-1-8(5-12(11)15)6-13(17)9-2-3-10(16)7-9/h1,4-5,9-10H,2-3,6-7,16H2. The van der Waals surface area contributed by atoms with E-state index in [2.05, 4.69) is 0 Å². The van der Waals surface area contributed by atoms with Gasteiger partial charge in [0.2, 0.25) is 0 Å². The molecule has 2 atom stereocenters. The van der Waals surface area contributed by atoms with E-state index in [4.69, 9.17) is 17.3 Å². The van der Waals surface area contributed by atoms with Gasteiger partial charge in [-0.15, -0.1) is 0 Å². The second-order valence-electron chi connectivity index (χ2n) is 4.66. The van der Waals surface area contributed by atoms with Crippen molar-refractivity contribution in [1.82, 2.24) is 0 Å². The molecule has 1 aliphatic carbocycles. The normalized spacial score (nSPS) is 23.9. The number of ketones is 1. The lowest BCUT2D eigenvalue weighted by Crippen LogP contribution is -2.19. The highest BCUT2D eigenvalue weighted by atomic mass is 35.5. The first-order valence-corrected chi connectivity index (χ1v) is 6.16. The minimum Gasteiger partial charge on any atom is -0.328 e. The molecule has 1 fully saturated rings. The smallest absolute Gasteiger partial charge is 0.142 e. The van der Waals surface area contributed by atoms with Crippen molar-refractivity contribution in [1.29, 1.82) is 0 Å². The molecule has 0 aliphatic heterocycles. The highest BCUT2D eigenvalue weighted by molar-refractivity contribution is 6.30. The molecule has 0 saturated heterocycles. The van der Waals surface area contributed by atoms with E-state index >= 15 is 0 Å². The van der Waals surface area contributed by atoms with Crippen LogP contribution in [0.4, 0.5) is 4.39 Å². The molecule has 0 aromatic heterocycles. The lowest BCUT2D eigenvalue weighted by molar-refractivity contribution is -0.122. The SMILES string of the molecule is NC1CCC(C(=O)Cc2ccc(Cl)c(F)c2)C1. The lowest BCUT2D eigenvalue weighted by Gasteiger charge is -2.08. The zero-order valence-electron chi connectivity index (χ0n) is 9.46. The maximum Gasteiger partial charge on any atom is 0.142 e. The Morgan fingerprint density at radius 3 is 2.82 bits per heavy atom. The molecule has 1 saturated carbocycles. The van der Waals surface area contributed by atoms with Crippen molar-refractivity contribution in [3.05, 3.63) is 34.6 Å². The van der Waals surface area contributed by atoms with Crippen molar-refractivity contribution in [2.24, 2.45) is 11.7 Å². The fraction of sp³-hybridized carbons (Fsp3) is 0.462. The summed E-state index contributed by atoms with van der Waals surface area (Å²) < 4.78 is 13.2. The summed E-state index contributed by atoms with van der Waals surface area (Å²) in [7, 11) is 0. The summed E-state index contributed by atoms with van der Waals surface area (Å²) in [6.45, 7) is 0. The molecule has 0 radical (unpaired) electrons. The van der Waals surface area contributed by atoms with Gasteiger partial charge in [-0.25, -0.2) is 4.39 Å². The quantitative estimate of drug-likeness (QED) is 0.903. The largest absolute Gasteiger partial charge is 0.328 e. The summed E-state index contributed by atoms with van der Waals surface area (Å²) >= 11 is 5.59. The second-order valence-corrected chi connectivity index (χ2v) is 5.07. The van der Waals surface area contributed by atoms with Gasteiger partial charge in [-0.05, 0) is 37.0 Å². The van der Waals surface area contributed by atoms with Crippen LogP contribution in [0, 0.1) is 11.7 Å². The van der Waals surface area contributed by atoms with E-state index in [1.165, 1.54) is 12.1 Å². The molecule has 92 valence electrons. The van der Waals surface area contributed by atoms with E-state index in [1.807, 2.05) is 0 Å². The van der Waals surface area contributed by atoms with Gasteiger partial charge < -0.3 is 5.73 Å². The average Bonchev–Trinajstić information content (AvgIpc) is 2.70. The molecule has 0 heterocycles. The topological polar surface area (TPSA) is 43.1 Å². The molecule has 17 heavy (non-hydrogen) atoms. The van der Waals surface area contributed by atoms with Crippen LogP contribution in [-0.2, 0) is 11.2 Å². The van der Waals surface area contributed by atoms with E-state index in [1.54, 1.807) is 6.07 Å². The van der Waals surface area contributed by atoms with Gasteiger partial charge in [0.05, 0.1) is 5.02 Å². The fourth-order valence-electron chi connectivity index (χ4n) is 2.30. The monoisotopic (exact) mass is 255 g/mol. The van der Waals surface area contributed by atoms with Crippen LogP contribution >= 0.6 is 11.6 Å². The third kappa shape index (κ3) is 3.05. The van der Waals surface area contributed by atoms with Crippen LogP contribution < -0.4 is 5.73 Å². The first-order chi connectivity index (χ1) is 8.06. The van der Waals surface area contributed by atoms with Crippen LogP contribution in [0.25, 0.3) is 0 Å². The van der Waals surface area contributed by atoms with Gasteiger partial charge in [0.15, 0.2) is 0 Å². The highest BCUT2D eigenvalue weighted by Crippen LogP contribution is 2.26. The molecule has 4 heteroatoms. The van der Waals surface area contributed by atoms with Crippen molar-refractivity contribution in [3.63, 3.8) is 0 Å². The van der Waals surface area contributed by atoms with Crippen LogP contribution in [0.2, 0.25) is 5.02 Å². The summed E-state index contributed by atoms with van der Waals surface area (Å²) in [5.41, 5.74) is 6.45. The Kier molecular flexibility index (Phi) is 3.79. The van der Waals surface area contributed by atoms with Crippen LogP contribution in [0.5, 0.6) is 0 Å². The molecule has 2 rings (SSSR count). The summed E-state index contributed by atoms with van der Waals surface area (Å²) in [6.07, 6.45) is 2.79. The van der Waals surface area contributed by atoms with Crippen molar-refractivity contribution in [2.75, 3.05) is 0 Å². The molecule has 0 bridgehead atoms. The summed E-state index contributed by atoms with van der Waals surface area (Å²) in [5, 5.41) is 0.0871. The number of hydrogen-bond donors (Lipinski definition) is 1. The molecular weight excluding hydrogens is 241 g/mol. The van der Waals surface area contributed by atoms with Gasteiger partial charge in [-0.3, -0.25) is 4.79 Å². The molecule has 0 amide bonds. The molecule has 2 nitrogen and oxygen atoms in total. The van der Waals surface area contributed by atoms with Crippen molar-refractivity contribution < 1.29 is 9.18 Å². The average molecular weight is 256 g/mol. The predicted molar refractivity (Wildman–Crippen MR) is 65.4 cm³/mol. The van der Waals surface area contributed by atoms with Crippen LogP contribution in [0.1, 0.15) is 24.8 Å². The number of carbonyl (C=O) groups is 1. The molecular formula is C13H15ClFNO. The summed E-state index contributed by atoms with van der Waals surface area (Å²) in [6, 6.07) is 4.65. The minimum atomic E-state index is -0.472. The molecule has 2 N–H and O–H groups in total. The minimum absolute atomic E-state index is 0.0451. The number of nitrogens with two attached hydrogens (primary N) is 1. The summed E-state index contributed by atoms with van der Waals surface area (Å²) in [4.78, 5) is 11.9. The summed E-state index contributed by atoms with van der Waals surface area (Å²) in [5.74, 6) is -0.275. The van der Waals surface area contributed by atoms with Gasteiger partial charge in [0.25, 0.3) is 0 Å². The number of benzene rings is 1. The van der Waals surface area contributed by atoms with Gasteiger partial charge in [-0.1, -0.05) is 17.7 Å². The Balaban J connectivity index is 2.00. The Bertz CT molecular complexity index is 435. The maximum atomic E-state index is 13.2. The Labute approximate surface area is 105 Å². The number of carbonyl (C=O) groups excluding carboxylic acids is 1. The number of Topliss-reactive ketones (excluding diaryl/α,β-unsaturated/α-hetero) is 1. The van der Waals surface area contributed by atoms with Crippen LogP contribution in [-0.4, -0.2) is 11.8 Å². The Morgan fingerprint density at radius 2 is 2.24 bits per heavy atom. The van der Waals surface area contributed by atoms with Crippen molar-refractivity contribution in [2.45, 2.75) is 31.7 Å². The molecule has 0 spiro atoms. The van der Waals surface area contributed by atoms with Gasteiger partial charge in [0, 0.05) is 18.4 Å². The Morgan fingerprint density at radius 1 is 1.47 bits per heavy atom. The van der Waals surface area contributed by atoms with Gasteiger partial charge in [0.1, 0.15) is 11.6 Å². The number of rotatable bonds is 3. The molecule has 1 aromatic carbocycles. The second kappa shape index (κ2) is 5.15. The zero-order valence-corrected chi connectivity index (χ0v) is 10.2. The lowest BCUT2D eigenvalue weighted by atomic mass is 9.96. The van der Waals surface area contributed by atoms with Gasteiger partial charge in [-0.2, -0.15) is 0 Å². The molecule has 1 aliphatic rings. The van der Waals surface area contributed by atoms with Crippen molar-refractivity contribution >= 4 is 17.4 Å². The fourth-order valence-corrected chi connectivity index (χ4v) is 2.42. The van der Waals surface area contributed by atoms with Crippen LogP contribution in [0.15, 0.2) is 18.2 Å². The maximum absolute atomic E-state index is 13.2. The zero-order chi connectivity index (χ0) is 12.4. The first kappa shape index (κ1) is 12.5. The van der Waals surface area contributed by atoms with E-state index in [-0.39, 0.29) is 29.2 Å². The predicted octanol–water partition coefficient (Wildman–Crippen LogP) is 2.72. The molecule has 1 aromatic rings. The van der Waals surface area contributed by atoms with Gasteiger partial charge >= 0.3 is 0 Å². The first-order valence-electron chi connectivity index (χ1n) is 5.78. The third-order valence-corrected chi connectivity index (χ3v) is 3.60. The van der Waals surface area contributed by atoms with E-state index < -0.39 is 5.82 Å². The van der Waals surface area contributed by atoms with E-state index in [0.717, 1.165) is 19.3 Å². The Hall–Kier alpha value is -0.930. The highest BCUT2D eigenvalue weighted by Gasteiger charge is 2.27.